The Kier molecular flexibility index (Phi) is 1.85. The molecule has 0 fully saturated rings. The van der Waals surface area contributed by atoms with Crippen LogP contribution in [0.15, 0.2) is 22.7 Å². The van der Waals surface area contributed by atoms with E-state index in [2.05, 4.69) is 9.72 Å². The first kappa shape index (κ1) is 8.55. The summed E-state index contributed by atoms with van der Waals surface area (Å²) in [4.78, 5) is 15.2. The molecule has 0 atom stereocenters. The summed E-state index contributed by atoms with van der Waals surface area (Å²) >= 11 is 0. The van der Waals surface area contributed by atoms with Crippen LogP contribution in [0, 0.1) is 0 Å². The fourth-order valence-corrected chi connectivity index (χ4v) is 1.19. The van der Waals surface area contributed by atoms with Crippen molar-refractivity contribution in [3.8, 4) is 0 Å². The van der Waals surface area contributed by atoms with Crippen molar-refractivity contribution in [3.63, 3.8) is 0 Å². The van der Waals surface area contributed by atoms with Crippen LogP contribution in [0.1, 0.15) is 10.6 Å². The molecule has 0 saturated heterocycles. The second-order valence-electron chi connectivity index (χ2n) is 2.69. The molecule has 0 unspecified atom stereocenters. The number of methoxy groups -OCH3 is 1. The van der Waals surface area contributed by atoms with Crippen LogP contribution in [-0.2, 0) is 4.74 Å². The molecular weight excluding hydrogens is 184 g/mol. The van der Waals surface area contributed by atoms with E-state index in [9.17, 15) is 4.79 Å². The molecule has 5 nitrogen and oxygen atoms in total. The molecule has 0 bridgehead atoms. The molecule has 0 amide bonds. The Balaban J connectivity index is 2.68. The van der Waals surface area contributed by atoms with E-state index in [1.54, 1.807) is 18.3 Å². The number of nitrogens with two attached hydrogens (primary N) is 1. The highest BCUT2D eigenvalue weighted by molar-refractivity contribution is 6.01. The number of rotatable bonds is 1. The number of anilines is 1. The molecule has 0 aromatic carbocycles. The summed E-state index contributed by atoms with van der Waals surface area (Å²) in [6.45, 7) is 0. The van der Waals surface area contributed by atoms with Crippen molar-refractivity contribution in [2.75, 3.05) is 12.8 Å². The van der Waals surface area contributed by atoms with E-state index >= 15 is 0 Å². The van der Waals surface area contributed by atoms with Crippen molar-refractivity contribution in [1.82, 2.24) is 4.98 Å². The molecule has 0 radical (unpaired) electrons. The van der Waals surface area contributed by atoms with Gasteiger partial charge in [-0.05, 0) is 12.1 Å². The van der Waals surface area contributed by atoms with Gasteiger partial charge < -0.3 is 14.9 Å². The summed E-state index contributed by atoms with van der Waals surface area (Å²) in [6, 6.07) is 3.39. The van der Waals surface area contributed by atoms with Gasteiger partial charge in [-0.1, -0.05) is 0 Å². The first-order valence-corrected chi connectivity index (χ1v) is 3.95. The molecule has 0 aliphatic rings. The number of carbonyl (C=O) groups excluding carboxylic acids is 1. The van der Waals surface area contributed by atoms with Gasteiger partial charge >= 0.3 is 5.97 Å². The van der Waals surface area contributed by atoms with Crippen LogP contribution in [0.2, 0.25) is 0 Å². The molecule has 0 spiro atoms. The van der Waals surface area contributed by atoms with E-state index < -0.39 is 5.97 Å². The Morgan fingerprint density at radius 1 is 1.64 bits per heavy atom. The van der Waals surface area contributed by atoms with Crippen LogP contribution < -0.4 is 5.73 Å². The number of fused-ring (bicyclic) bond motifs is 1. The number of esters is 1. The van der Waals surface area contributed by atoms with Crippen molar-refractivity contribution in [2.45, 2.75) is 0 Å². The zero-order chi connectivity index (χ0) is 10.1. The molecule has 72 valence electrons. The van der Waals surface area contributed by atoms with Crippen LogP contribution in [0.4, 0.5) is 5.69 Å². The van der Waals surface area contributed by atoms with Crippen molar-refractivity contribution in [3.05, 3.63) is 24.1 Å². The van der Waals surface area contributed by atoms with Gasteiger partial charge in [-0.25, -0.2) is 4.79 Å². The lowest BCUT2D eigenvalue weighted by atomic mass is 10.3. The summed E-state index contributed by atoms with van der Waals surface area (Å²) < 4.78 is 9.70. The maximum absolute atomic E-state index is 11.2. The van der Waals surface area contributed by atoms with Crippen LogP contribution in [0.5, 0.6) is 0 Å². The lowest BCUT2D eigenvalue weighted by Gasteiger charge is -1.93. The summed E-state index contributed by atoms with van der Waals surface area (Å²) in [6.07, 6.45) is 1.58. The SMILES string of the molecule is COC(=O)c1oc2cccnc2c1N. The highest BCUT2D eigenvalue weighted by Gasteiger charge is 2.19. The van der Waals surface area contributed by atoms with Crippen molar-refractivity contribution in [2.24, 2.45) is 0 Å². The monoisotopic (exact) mass is 192 g/mol. The number of hydrogen-bond acceptors (Lipinski definition) is 5. The third-order valence-corrected chi connectivity index (χ3v) is 1.85. The van der Waals surface area contributed by atoms with Crippen molar-refractivity contribution >= 4 is 22.8 Å². The number of aromatic nitrogens is 1. The van der Waals surface area contributed by atoms with Gasteiger partial charge in [0.05, 0.1) is 7.11 Å². The molecule has 2 aromatic heterocycles. The van der Waals surface area contributed by atoms with Crippen LogP contribution in [0.3, 0.4) is 0 Å². The number of pyridine rings is 1. The number of hydrogen-bond donors (Lipinski definition) is 1. The van der Waals surface area contributed by atoms with E-state index in [1.165, 1.54) is 7.11 Å². The van der Waals surface area contributed by atoms with Gasteiger partial charge in [0, 0.05) is 6.20 Å². The highest BCUT2D eigenvalue weighted by Crippen LogP contribution is 2.26. The molecule has 0 saturated carbocycles. The van der Waals surface area contributed by atoms with Crippen LogP contribution in [0.25, 0.3) is 11.1 Å². The number of nitrogen functional groups attached to an aromatic ring is 1. The predicted molar refractivity (Wildman–Crippen MR) is 49.8 cm³/mol. The minimum Gasteiger partial charge on any atom is -0.463 e. The van der Waals surface area contributed by atoms with Gasteiger partial charge in [0.15, 0.2) is 5.58 Å². The topological polar surface area (TPSA) is 78.3 Å². The predicted octanol–water partition coefficient (Wildman–Crippen LogP) is 1.20. The summed E-state index contributed by atoms with van der Waals surface area (Å²) in [7, 11) is 1.27. The maximum Gasteiger partial charge on any atom is 0.376 e. The Labute approximate surface area is 79.5 Å². The zero-order valence-electron chi connectivity index (χ0n) is 7.48. The van der Waals surface area contributed by atoms with Crippen LogP contribution >= 0.6 is 0 Å². The normalized spacial score (nSPS) is 10.4. The lowest BCUT2D eigenvalue weighted by Crippen LogP contribution is -2.02. The van der Waals surface area contributed by atoms with E-state index in [0.29, 0.717) is 11.1 Å². The fourth-order valence-electron chi connectivity index (χ4n) is 1.19. The van der Waals surface area contributed by atoms with E-state index in [-0.39, 0.29) is 11.4 Å². The van der Waals surface area contributed by atoms with Gasteiger partial charge in [-0.3, -0.25) is 4.98 Å². The van der Waals surface area contributed by atoms with E-state index in [0.717, 1.165) is 0 Å². The molecule has 2 aromatic rings. The Bertz CT molecular complexity index is 490. The quantitative estimate of drug-likeness (QED) is 0.686. The minimum absolute atomic E-state index is 0.00111. The molecule has 2 N–H and O–H groups in total. The highest BCUT2D eigenvalue weighted by atomic mass is 16.5. The van der Waals surface area contributed by atoms with Crippen molar-refractivity contribution in [1.29, 1.82) is 0 Å². The molecule has 0 aliphatic carbocycles. The number of carbonyl (C=O) groups is 1. The average molecular weight is 192 g/mol. The van der Waals surface area contributed by atoms with Gasteiger partial charge in [0.25, 0.3) is 0 Å². The fraction of sp³-hybridized carbons (Fsp3) is 0.111. The molecule has 2 heterocycles. The third-order valence-electron chi connectivity index (χ3n) is 1.85. The average Bonchev–Trinajstić information content (AvgIpc) is 2.56. The molecule has 14 heavy (non-hydrogen) atoms. The van der Waals surface area contributed by atoms with Gasteiger partial charge in [0.2, 0.25) is 5.76 Å². The van der Waals surface area contributed by atoms with Gasteiger partial charge in [-0.2, -0.15) is 0 Å². The molecule has 2 rings (SSSR count). The third kappa shape index (κ3) is 1.10. The summed E-state index contributed by atoms with van der Waals surface area (Å²) in [5.74, 6) is -0.596. The van der Waals surface area contributed by atoms with E-state index in [1.807, 2.05) is 0 Å². The van der Waals surface area contributed by atoms with Gasteiger partial charge in [-0.15, -0.1) is 0 Å². The second kappa shape index (κ2) is 3.02. The van der Waals surface area contributed by atoms with Gasteiger partial charge in [0.1, 0.15) is 11.2 Å². The van der Waals surface area contributed by atoms with Crippen LogP contribution in [-0.4, -0.2) is 18.1 Å². The smallest absolute Gasteiger partial charge is 0.376 e. The first-order chi connectivity index (χ1) is 6.74. The molecule has 0 aliphatic heterocycles. The Morgan fingerprint density at radius 2 is 2.43 bits per heavy atom. The first-order valence-electron chi connectivity index (χ1n) is 3.95. The summed E-state index contributed by atoms with van der Waals surface area (Å²) in [5, 5.41) is 0. The minimum atomic E-state index is -0.597. The van der Waals surface area contributed by atoms with E-state index in [4.69, 9.17) is 10.2 Å². The number of nitrogens with zero attached hydrogens (tertiary/aromatic N) is 1. The zero-order valence-corrected chi connectivity index (χ0v) is 7.48. The number of furan rings is 1. The Hall–Kier alpha value is -2.04. The molecular formula is C9H8N2O3. The summed E-state index contributed by atoms with van der Waals surface area (Å²) in [5.41, 5.74) is 6.83. The Morgan fingerprint density at radius 3 is 3.07 bits per heavy atom. The maximum atomic E-state index is 11.2. The lowest BCUT2D eigenvalue weighted by molar-refractivity contribution is 0.0569. The largest absolute Gasteiger partial charge is 0.463 e. The number of ether oxygens (including phenoxy) is 1. The molecule has 5 heteroatoms. The second-order valence-corrected chi connectivity index (χ2v) is 2.69. The van der Waals surface area contributed by atoms with Crippen molar-refractivity contribution < 1.29 is 13.9 Å². The standard InChI is InChI=1S/C9H8N2O3/c1-13-9(12)8-6(10)7-5(14-8)3-2-4-11-7/h2-4H,10H2,1H3.